The van der Waals surface area contributed by atoms with E-state index in [0.29, 0.717) is 6.04 Å². The number of nitrogens with zero attached hydrogens (tertiary/aromatic N) is 6. The predicted octanol–water partition coefficient (Wildman–Crippen LogP) is 0.904. The molecule has 1 aromatic heterocycles. The number of nitrogens with one attached hydrogen (secondary N) is 1. The predicted molar refractivity (Wildman–Crippen MR) is 102 cm³/mol. The first kappa shape index (κ1) is 17.9. The zero-order valence-electron chi connectivity index (χ0n) is 15.7. The molecule has 0 spiro atoms. The third kappa shape index (κ3) is 4.81. The van der Waals surface area contributed by atoms with Crippen molar-refractivity contribution in [1.29, 1.82) is 0 Å². The third-order valence-electron chi connectivity index (χ3n) is 5.01. The fraction of sp³-hybridized carbons (Fsp3) is 0.722. The molecule has 7 heteroatoms. The fourth-order valence-corrected chi connectivity index (χ4v) is 3.39. The number of hydrogen-bond donors (Lipinski definition) is 1. The van der Waals surface area contributed by atoms with Gasteiger partial charge in [0.2, 0.25) is 5.95 Å². The van der Waals surface area contributed by atoms with Crippen molar-refractivity contribution < 1.29 is 0 Å². The van der Waals surface area contributed by atoms with Gasteiger partial charge in [-0.3, -0.25) is 4.99 Å². The molecule has 1 atom stereocenters. The summed E-state index contributed by atoms with van der Waals surface area (Å²) in [7, 11) is 4.34. The van der Waals surface area contributed by atoms with Crippen LogP contribution in [0.1, 0.15) is 19.8 Å². The number of likely N-dealkylation sites (N-methyl/N-ethyl adjacent to an activating group) is 1. The molecule has 138 valence electrons. The van der Waals surface area contributed by atoms with Crippen molar-refractivity contribution in [3.8, 4) is 0 Å². The Morgan fingerprint density at radius 1 is 1.24 bits per heavy atom. The summed E-state index contributed by atoms with van der Waals surface area (Å²) in [6.45, 7) is 7.65. The summed E-state index contributed by atoms with van der Waals surface area (Å²) in [5.41, 5.74) is 0. The zero-order chi connectivity index (χ0) is 17.6. The highest BCUT2D eigenvalue weighted by atomic mass is 15.4. The molecule has 1 unspecified atom stereocenters. The molecule has 7 nitrogen and oxygen atoms in total. The van der Waals surface area contributed by atoms with Crippen molar-refractivity contribution in [3.63, 3.8) is 0 Å². The molecular formula is C18H31N7. The van der Waals surface area contributed by atoms with Gasteiger partial charge in [0, 0.05) is 51.2 Å². The topological polar surface area (TPSA) is 59.9 Å². The summed E-state index contributed by atoms with van der Waals surface area (Å²) in [6, 6.07) is 2.42. The van der Waals surface area contributed by atoms with Crippen LogP contribution in [0.15, 0.2) is 23.5 Å². The Balaban J connectivity index is 1.58. The van der Waals surface area contributed by atoms with Crippen molar-refractivity contribution in [1.82, 2.24) is 25.1 Å². The van der Waals surface area contributed by atoms with E-state index >= 15 is 0 Å². The van der Waals surface area contributed by atoms with Crippen LogP contribution >= 0.6 is 0 Å². The number of rotatable bonds is 6. The molecule has 1 N–H and O–H groups in total. The monoisotopic (exact) mass is 345 g/mol. The van der Waals surface area contributed by atoms with Crippen LogP contribution in [0.2, 0.25) is 0 Å². The molecule has 1 saturated carbocycles. The Morgan fingerprint density at radius 2 is 1.92 bits per heavy atom. The maximum atomic E-state index is 4.96. The summed E-state index contributed by atoms with van der Waals surface area (Å²) in [5, 5.41) is 3.47. The molecule has 25 heavy (non-hydrogen) atoms. The molecule has 1 aliphatic carbocycles. The molecule has 0 bridgehead atoms. The maximum absolute atomic E-state index is 4.96. The molecule has 0 radical (unpaired) electrons. The molecule has 1 aromatic rings. The van der Waals surface area contributed by atoms with Crippen LogP contribution < -0.4 is 10.2 Å². The number of aliphatic imine (C=N–C) groups is 1. The summed E-state index contributed by atoms with van der Waals surface area (Å²) in [4.78, 5) is 20.6. The number of anilines is 1. The van der Waals surface area contributed by atoms with Gasteiger partial charge in [0.05, 0.1) is 6.54 Å². The standard InChI is InChI=1S/C18H31N7/c1-4-19-17(22-14-16(23(2)3)15-6-7-15)24-10-12-25(13-11-24)18-20-8-5-9-21-18/h5,8-9,15-16H,4,6-7,10-14H2,1-3H3,(H,19,22). The van der Waals surface area contributed by atoms with Gasteiger partial charge in [-0.15, -0.1) is 0 Å². The minimum absolute atomic E-state index is 0.563. The van der Waals surface area contributed by atoms with E-state index in [1.165, 1.54) is 12.8 Å². The van der Waals surface area contributed by atoms with E-state index in [-0.39, 0.29) is 0 Å². The Hall–Kier alpha value is -1.89. The first-order valence-corrected chi connectivity index (χ1v) is 9.40. The van der Waals surface area contributed by atoms with E-state index in [1.807, 2.05) is 6.07 Å². The maximum Gasteiger partial charge on any atom is 0.225 e. The number of aromatic nitrogens is 2. The van der Waals surface area contributed by atoms with Crippen LogP contribution in [-0.2, 0) is 0 Å². The summed E-state index contributed by atoms with van der Waals surface area (Å²) < 4.78 is 0. The minimum atomic E-state index is 0.563. The van der Waals surface area contributed by atoms with Gasteiger partial charge in [-0.25, -0.2) is 9.97 Å². The molecule has 0 amide bonds. The molecule has 1 saturated heterocycles. The Labute approximate surface area is 151 Å². The summed E-state index contributed by atoms with van der Waals surface area (Å²) >= 11 is 0. The third-order valence-corrected chi connectivity index (χ3v) is 5.01. The van der Waals surface area contributed by atoms with E-state index in [0.717, 1.165) is 57.1 Å². The van der Waals surface area contributed by atoms with Gasteiger partial charge in [0.15, 0.2) is 5.96 Å². The van der Waals surface area contributed by atoms with Crippen molar-refractivity contribution >= 4 is 11.9 Å². The van der Waals surface area contributed by atoms with Crippen molar-refractivity contribution in [3.05, 3.63) is 18.5 Å². The van der Waals surface area contributed by atoms with Crippen LogP contribution in [0, 0.1) is 5.92 Å². The second kappa shape index (κ2) is 8.47. The lowest BCUT2D eigenvalue weighted by Gasteiger charge is -2.36. The van der Waals surface area contributed by atoms with Gasteiger partial charge in [-0.1, -0.05) is 0 Å². The van der Waals surface area contributed by atoms with E-state index in [4.69, 9.17) is 4.99 Å². The van der Waals surface area contributed by atoms with Crippen LogP contribution in [0.5, 0.6) is 0 Å². The summed E-state index contributed by atoms with van der Waals surface area (Å²) in [5.74, 6) is 2.70. The average molecular weight is 345 g/mol. The fourth-order valence-electron chi connectivity index (χ4n) is 3.39. The average Bonchev–Trinajstić information content (AvgIpc) is 3.47. The van der Waals surface area contributed by atoms with Gasteiger partial charge in [0.1, 0.15) is 0 Å². The van der Waals surface area contributed by atoms with Crippen LogP contribution in [-0.4, -0.2) is 85.1 Å². The SMILES string of the molecule is CCNC(=NCC(C1CC1)N(C)C)N1CCN(c2ncccn2)CC1. The smallest absolute Gasteiger partial charge is 0.225 e. The zero-order valence-corrected chi connectivity index (χ0v) is 15.7. The van der Waals surface area contributed by atoms with E-state index in [9.17, 15) is 0 Å². The van der Waals surface area contributed by atoms with Gasteiger partial charge in [0.25, 0.3) is 0 Å². The van der Waals surface area contributed by atoms with Gasteiger partial charge in [-0.2, -0.15) is 0 Å². The lowest BCUT2D eigenvalue weighted by Crippen LogP contribution is -2.53. The highest BCUT2D eigenvalue weighted by Gasteiger charge is 2.32. The highest BCUT2D eigenvalue weighted by molar-refractivity contribution is 5.80. The normalized spacial score (nSPS) is 20.1. The van der Waals surface area contributed by atoms with Crippen molar-refractivity contribution in [2.75, 3.05) is 58.3 Å². The lowest BCUT2D eigenvalue weighted by molar-refractivity contribution is 0.269. The Bertz CT molecular complexity index is 546. The Morgan fingerprint density at radius 3 is 2.48 bits per heavy atom. The summed E-state index contributed by atoms with van der Waals surface area (Å²) in [6.07, 6.45) is 6.31. The van der Waals surface area contributed by atoms with Gasteiger partial charge >= 0.3 is 0 Å². The lowest BCUT2D eigenvalue weighted by atomic mass is 10.2. The van der Waals surface area contributed by atoms with Gasteiger partial charge in [-0.05, 0) is 45.8 Å². The number of hydrogen-bond acceptors (Lipinski definition) is 5. The number of guanidine groups is 1. The molecular weight excluding hydrogens is 314 g/mol. The molecule has 2 aliphatic rings. The second-order valence-corrected chi connectivity index (χ2v) is 7.09. The van der Waals surface area contributed by atoms with E-state index in [1.54, 1.807) is 12.4 Å². The number of piperazine rings is 1. The largest absolute Gasteiger partial charge is 0.357 e. The molecule has 2 fully saturated rings. The molecule has 2 heterocycles. The van der Waals surface area contributed by atoms with Crippen molar-refractivity contribution in [2.45, 2.75) is 25.8 Å². The Kier molecular flexibility index (Phi) is 6.07. The molecule has 1 aliphatic heterocycles. The van der Waals surface area contributed by atoms with Crippen LogP contribution in [0.25, 0.3) is 0 Å². The van der Waals surface area contributed by atoms with E-state index < -0.39 is 0 Å². The van der Waals surface area contributed by atoms with Crippen LogP contribution in [0.3, 0.4) is 0 Å². The quantitative estimate of drug-likeness (QED) is 0.611. The van der Waals surface area contributed by atoms with Crippen molar-refractivity contribution in [2.24, 2.45) is 10.9 Å². The minimum Gasteiger partial charge on any atom is -0.357 e. The first-order valence-electron chi connectivity index (χ1n) is 9.40. The van der Waals surface area contributed by atoms with Gasteiger partial charge < -0.3 is 20.0 Å². The van der Waals surface area contributed by atoms with Crippen LogP contribution in [0.4, 0.5) is 5.95 Å². The second-order valence-electron chi connectivity index (χ2n) is 7.09. The highest BCUT2D eigenvalue weighted by Crippen LogP contribution is 2.34. The molecule has 0 aromatic carbocycles. The van der Waals surface area contributed by atoms with E-state index in [2.05, 4.69) is 51.0 Å². The molecule has 3 rings (SSSR count). The first-order chi connectivity index (χ1) is 12.2.